The molecular formula is C9H12F6N2O2. The molecule has 0 spiro atoms. The first-order chi connectivity index (χ1) is 8.51. The third kappa shape index (κ3) is 5.23. The van der Waals surface area contributed by atoms with Crippen LogP contribution in [0.2, 0.25) is 0 Å². The molecule has 0 bridgehead atoms. The summed E-state index contributed by atoms with van der Waals surface area (Å²) < 4.78 is 76.8. The Bertz CT molecular complexity index is 312. The number of ether oxygens (including phenoxy) is 1. The van der Waals surface area contributed by atoms with Crippen LogP contribution in [-0.2, 0) is 9.53 Å². The fraction of sp³-hybridized carbons (Fsp3) is 0.889. The summed E-state index contributed by atoms with van der Waals surface area (Å²) in [4.78, 5) is 10.9. The maximum Gasteiger partial charge on any atom is 0.423 e. The molecule has 3 N–H and O–H groups in total. The smallest absolute Gasteiger partial charge is 0.368 e. The Labute approximate surface area is 104 Å². The molecule has 1 aliphatic carbocycles. The van der Waals surface area contributed by atoms with Gasteiger partial charge in [0.2, 0.25) is 12.0 Å². The zero-order valence-electron chi connectivity index (χ0n) is 9.52. The first-order valence-electron chi connectivity index (χ1n) is 5.32. The molecule has 1 amide bonds. The van der Waals surface area contributed by atoms with Gasteiger partial charge in [-0.05, 0) is 12.8 Å². The van der Waals surface area contributed by atoms with Crippen molar-refractivity contribution in [1.29, 1.82) is 0 Å². The highest BCUT2D eigenvalue weighted by atomic mass is 19.4. The number of alkyl halides is 6. The molecule has 4 nitrogen and oxygen atoms in total. The molecule has 0 radical (unpaired) electrons. The maximum absolute atomic E-state index is 12.2. The Morgan fingerprint density at radius 1 is 1.21 bits per heavy atom. The number of rotatable bonds is 6. The Kier molecular flexibility index (Phi) is 4.67. The molecule has 1 saturated carbocycles. The second kappa shape index (κ2) is 5.53. The zero-order chi connectivity index (χ0) is 14.8. The summed E-state index contributed by atoms with van der Waals surface area (Å²) in [7, 11) is 0. The van der Waals surface area contributed by atoms with Gasteiger partial charge in [-0.3, -0.25) is 4.79 Å². The minimum atomic E-state index is -5.60. The van der Waals surface area contributed by atoms with Crippen molar-refractivity contribution in [3.05, 3.63) is 0 Å². The van der Waals surface area contributed by atoms with E-state index in [2.05, 4.69) is 10.1 Å². The van der Waals surface area contributed by atoms with E-state index >= 15 is 0 Å². The molecule has 1 aliphatic rings. The first kappa shape index (κ1) is 16.0. The fourth-order valence-corrected chi connectivity index (χ4v) is 1.31. The van der Waals surface area contributed by atoms with Crippen LogP contribution in [0, 0.1) is 0 Å². The molecule has 112 valence electrons. The molecule has 0 aromatic carbocycles. The average Bonchev–Trinajstić information content (AvgIpc) is 2.95. The maximum atomic E-state index is 12.2. The van der Waals surface area contributed by atoms with E-state index in [-0.39, 0.29) is 6.04 Å². The predicted molar refractivity (Wildman–Crippen MR) is 51.0 cm³/mol. The first-order valence-corrected chi connectivity index (χ1v) is 5.32. The summed E-state index contributed by atoms with van der Waals surface area (Å²) in [6, 6.07) is -1.49. The molecule has 0 aliphatic heterocycles. The van der Waals surface area contributed by atoms with Crippen LogP contribution in [-0.4, -0.2) is 43.1 Å². The van der Waals surface area contributed by atoms with Gasteiger partial charge in [-0.1, -0.05) is 0 Å². The summed E-state index contributed by atoms with van der Waals surface area (Å²) >= 11 is 0. The summed E-state index contributed by atoms with van der Waals surface area (Å²) in [6.45, 7) is -1.09. The van der Waals surface area contributed by atoms with Gasteiger partial charge in [-0.25, -0.2) is 0 Å². The normalized spacial score (nSPS) is 18.7. The Hall–Kier alpha value is -1.03. The second-order valence-corrected chi connectivity index (χ2v) is 4.19. The van der Waals surface area contributed by atoms with E-state index in [0.717, 1.165) is 0 Å². The molecule has 1 atom stereocenters. The van der Waals surface area contributed by atoms with E-state index < -0.39 is 37.0 Å². The fourth-order valence-electron chi connectivity index (χ4n) is 1.31. The van der Waals surface area contributed by atoms with E-state index in [1.165, 1.54) is 0 Å². The lowest BCUT2D eigenvalue weighted by molar-refractivity contribution is -0.322. The number of halogens is 6. The third-order valence-electron chi connectivity index (χ3n) is 2.38. The molecule has 1 unspecified atom stereocenters. The van der Waals surface area contributed by atoms with Gasteiger partial charge >= 0.3 is 12.4 Å². The average molecular weight is 294 g/mol. The van der Waals surface area contributed by atoms with Gasteiger partial charge in [0.1, 0.15) is 6.04 Å². The van der Waals surface area contributed by atoms with Crippen LogP contribution in [0.4, 0.5) is 26.3 Å². The lowest BCUT2D eigenvalue weighted by atomic mass is 10.2. The van der Waals surface area contributed by atoms with Gasteiger partial charge in [-0.2, -0.15) is 26.3 Å². The number of nitrogens with two attached hydrogens (primary N) is 1. The lowest BCUT2D eigenvalue weighted by Crippen LogP contribution is -2.50. The molecule has 0 saturated heterocycles. The van der Waals surface area contributed by atoms with Crippen LogP contribution < -0.4 is 11.1 Å². The Morgan fingerprint density at radius 2 is 1.68 bits per heavy atom. The SMILES string of the molecule is NC(=O)C(COC(C(F)(F)F)C(F)(F)F)NC1CC1. The number of hydrogen-bond acceptors (Lipinski definition) is 3. The summed E-state index contributed by atoms with van der Waals surface area (Å²) in [5.74, 6) is -1.06. The number of hydrogen-bond donors (Lipinski definition) is 2. The van der Waals surface area contributed by atoms with Crippen LogP contribution in [0.15, 0.2) is 0 Å². The number of nitrogens with one attached hydrogen (secondary N) is 1. The predicted octanol–water partition coefficient (Wildman–Crippen LogP) is 1.10. The van der Waals surface area contributed by atoms with Crippen LogP contribution in [0.5, 0.6) is 0 Å². The minimum absolute atomic E-state index is 0.115. The standard InChI is InChI=1S/C9H12F6N2O2/c10-8(11,12)7(9(13,14)15)19-3-5(6(16)18)17-4-1-2-4/h4-5,7,17H,1-3H2,(H2,16,18). The van der Waals surface area contributed by atoms with E-state index in [9.17, 15) is 31.1 Å². The van der Waals surface area contributed by atoms with Gasteiger partial charge in [0, 0.05) is 6.04 Å². The number of carbonyl (C=O) groups is 1. The van der Waals surface area contributed by atoms with Crippen molar-refractivity contribution in [2.45, 2.75) is 43.4 Å². The van der Waals surface area contributed by atoms with E-state index in [1.54, 1.807) is 0 Å². The van der Waals surface area contributed by atoms with E-state index in [1.807, 2.05) is 0 Å². The van der Waals surface area contributed by atoms with Crippen molar-refractivity contribution in [2.24, 2.45) is 5.73 Å². The van der Waals surface area contributed by atoms with Gasteiger partial charge in [-0.15, -0.1) is 0 Å². The molecule has 19 heavy (non-hydrogen) atoms. The highest BCUT2D eigenvalue weighted by Gasteiger charge is 2.58. The van der Waals surface area contributed by atoms with E-state index in [0.29, 0.717) is 12.8 Å². The van der Waals surface area contributed by atoms with Crippen LogP contribution >= 0.6 is 0 Å². The summed E-state index contributed by atoms with van der Waals surface area (Å²) in [5.41, 5.74) is 4.87. The largest absolute Gasteiger partial charge is 0.423 e. The number of carbonyl (C=O) groups excluding carboxylic acids is 1. The van der Waals surface area contributed by atoms with Crippen molar-refractivity contribution < 1.29 is 35.9 Å². The van der Waals surface area contributed by atoms with Crippen LogP contribution in [0.1, 0.15) is 12.8 Å². The van der Waals surface area contributed by atoms with Gasteiger partial charge < -0.3 is 15.8 Å². The van der Waals surface area contributed by atoms with Crippen molar-refractivity contribution >= 4 is 5.91 Å². The van der Waals surface area contributed by atoms with Gasteiger partial charge in [0.15, 0.2) is 0 Å². The van der Waals surface area contributed by atoms with Crippen molar-refractivity contribution in [3.8, 4) is 0 Å². The molecule has 1 fully saturated rings. The monoisotopic (exact) mass is 294 g/mol. The van der Waals surface area contributed by atoms with Crippen LogP contribution in [0.3, 0.4) is 0 Å². The topological polar surface area (TPSA) is 64.4 Å². The van der Waals surface area contributed by atoms with Crippen LogP contribution in [0.25, 0.3) is 0 Å². The molecule has 10 heteroatoms. The third-order valence-corrected chi connectivity index (χ3v) is 2.38. The molecule has 0 aromatic heterocycles. The van der Waals surface area contributed by atoms with Gasteiger partial charge in [0.05, 0.1) is 6.61 Å². The highest BCUT2D eigenvalue weighted by Crippen LogP contribution is 2.35. The number of primary amides is 1. The molecular weight excluding hydrogens is 282 g/mol. The zero-order valence-corrected chi connectivity index (χ0v) is 9.52. The summed E-state index contributed by atoms with van der Waals surface area (Å²) in [5, 5.41) is 2.51. The van der Waals surface area contributed by atoms with Gasteiger partial charge in [0.25, 0.3) is 0 Å². The van der Waals surface area contributed by atoms with Crippen molar-refractivity contribution in [2.75, 3.05) is 6.61 Å². The molecule has 0 aromatic rings. The molecule has 1 rings (SSSR count). The summed E-state index contributed by atoms with van der Waals surface area (Å²) in [6.07, 6.45) is -13.7. The highest BCUT2D eigenvalue weighted by molar-refractivity contribution is 5.80. The van der Waals surface area contributed by atoms with E-state index in [4.69, 9.17) is 5.73 Å². The second-order valence-electron chi connectivity index (χ2n) is 4.19. The quantitative estimate of drug-likeness (QED) is 0.721. The Balaban J connectivity index is 2.60. The number of amides is 1. The Morgan fingerprint density at radius 3 is 2.00 bits per heavy atom. The lowest BCUT2D eigenvalue weighted by Gasteiger charge is -2.25. The van der Waals surface area contributed by atoms with Crippen molar-refractivity contribution in [1.82, 2.24) is 5.32 Å². The minimum Gasteiger partial charge on any atom is -0.368 e. The van der Waals surface area contributed by atoms with Crippen molar-refractivity contribution in [3.63, 3.8) is 0 Å². The molecule has 0 heterocycles.